The quantitative estimate of drug-likeness (QED) is 0.548. The summed E-state index contributed by atoms with van der Waals surface area (Å²) < 4.78 is 0. The third-order valence-corrected chi connectivity index (χ3v) is 2.35. The summed E-state index contributed by atoms with van der Waals surface area (Å²) in [4.78, 5) is 0. The van der Waals surface area contributed by atoms with Gasteiger partial charge in [0, 0.05) is 0 Å². The maximum absolute atomic E-state index is 3.83. The van der Waals surface area contributed by atoms with E-state index in [1.807, 2.05) is 19.1 Å². The Balaban J connectivity index is 4.65. The highest BCUT2D eigenvalue weighted by Gasteiger charge is 2.17. The summed E-state index contributed by atoms with van der Waals surface area (Å²) in [6, 6.07) is 0. The van der Waals surface area contributed by atoms with E-state index < -0.39 is 0 Å². The van der Waals surface area contributed by atoms with Crippen molar-refractivity contribution in [3.8, 4) is 0 Å². The lowest BCUT2D eigenvalue weighted by Crippen LogP contribution is -2.11. The highest BCUT2D eigenvalue weighted by molar-refractivity contribution is 5.27. The van der Waals surface area contributed by atoms with Gasteiger partial charge in [0.05, 0.1) is 0 Å². The van der Waals surface area contributed by atoms with Crippen molar-refractivity contribution >= 4 is 0 Å². The Morgan fingerprint density at radius 2 is 2.00 bits per heavy atom. The molecule has 0 nitrogen and oxygen atoms in total. The van der Waals surface area contributed by atoms with E-state index in [4.69, 9.17) is 0 Å². The molecule has 0 N–H and O–H groups in total. The van der Waals surface area contributed by atoms with Crippen LogP contribution in [-0.4, -0.2) is 0 Å². The van der Waals surface area contributed by atoms with Crippen LogP contribution in [0, 0.1) is 5.41 Å². The fourth-order valence-corrected chi connectivity index (χ4v) is 0.974. The minimum atomic E-state index is 0.251. The lowest BCUT2D eigenvalue weighted by atomic mass is 9.81. The minimum absolute atomic E-state index is 0.251. The molecule has 0 saturated carbocycles. The average molecular weight is 164 g/mol. The Labute approximate surface area is 76.7 Å². The van der Waals surface area contributed by atoms with Gasteiger partial charge < -0.3 is 0 Å². The highest BCUT2D eigenvalue weighted by Crippen LogP contribution is 2.30. The Morgan fingerprint density at radius 3 is 2.33 bits per heavy atom. The summed E-state index contributed by atoms with van der Waals surface area (Å²) in [5, 5.41) is 0. The van der Waals surface area contributed by atoms with Crippen LogP contribution < -0.4 is 0 Å². The van der Waals surface area contributed by atoms with Crippen molar-refractivity contribution in [1.29, 1.82) is 0 Å². The predicted octanol–water partition coefficient (Wildman–Crippen LogP) is 4.11. The van der Waals surface area contributed by atoms with Gasteiger partial charge in [0.15, 0.2) is 0 Å². The van der Waals surface area contributed by atoms with Crippen LogP contribution in [0.2, 0.25) is 0 Å². The first-order valence-corrected chi connectivity index (χ1v) is 4.54. The van der Waals surface area contributed by atoms with E-state index in [9.17, 15) is 0 Å². The summed E-state index contributed by atoms with van der Waals surface area (Å²) in [7, 11) is 0. The zero-order valence-electron chi connectivity index (χ0n) is 8.72. The van der Waals surface area contributed by atoms with Gasteiger partial charge >= 0.3 is 0 Å². The topological polar surface area (TPSA) is 0 Å². The average Bonchev–Trinajstić information content (AvgIpc) is 2.05. The second-order valence-electron chi connectivity index (χ2n) is 3.59. The van der Waals surface area contributed by atoms with E-state index in [0.29, 0.717) is 0 Å². The first-order valence-electron chi connectivity index (χ1n) is 4.54. The standard InChI is InChI=1S/C12H20/c1-6-9-10-11(7-2)12(4,5)8-3/h6-7,9-10H,2,8H2,1,3-5H3/b9-6-,11-10+. The van der Waals surface area contributed by atoms with Gasteiger partial charge in [0.2, 0.25) is 0 Å². The molecule has 0 rings (SSSR count). The number of allylic oxidation sites excluding steroid dienone is 5. The van der Waals surface area contributed by atoms with E-state index >= 15 is 0 Å². The van der Waals surface area contributed by atoms with Gasteiger partial charge in [-0.1, -0.05) is 51.7 Å². The smallest absolute Gasteiger partial charge is 0.0106 e. The van der Waals surface area contributed by atoms with Crippen LogP contribution in [0.3, 0.4) is 0 Å². The summed E-state index contributed by atoms with van der Waals surface area (Å²) in [6.45, 7) is 12.5. The molecule has 0 fully saturated rings. The summed E-state index contributed by atoms with van der Waals surface area (Å²) in [6.07, 6.45) is 9.33. The predicted molar refractivity (Wildman–Crippen MR) is 57.2 cm³/mol. The molecule has 0 aromatic carbocycles. The third kappa shape index (κ3) is 3.08. The molecule has 0 heterocycles. The molecule has 0 aromatic heterocycles. The van der Waals surface area contributed by atoms with E-state index in [1.54, 1.807) is 0 Å². The van der Waals surface area contributed by atoms with Gasteiger partial charge in [-0.15, -0.1) is 0 Å². The molecule has 0 spiro atoms. The van der Waals surface area contributed by atoms with Crippen molar-refractivity contribution in [2.75, 3.05) is 0 Å². The lowest BCUT2D eigenvalue weighted by molar-refractivity contribution is 0.440. The summed E-state index contributed by atoms with van der Waals surface area (Å²) >= 11 is 0. The highest BCUT2D eigenvalue weighted by atomic mass is 14.2. The minimum Gasteiger partial charge on any atom is -0.0988 e. The fourth-order valence-electron chi connectivity index (χ4n) is 0.974. The van der Waals surface area contributed by atoms with Crippen molar-refractivity contribution in [2.45, 2.75) is 34.1 Å². The second-order valence-corrected chi connectivity index (χ2v) is 3.59. The van der Waals surface area contributed by atoms with E-state index in [0.717, 1.165) is 6.42 Å². The Morgan fingerprint density at radius 1 is 1.42 bits per heavy atom. The van der Waals surface area contributed by atoms with Gasteiger partial charge in [-0.25, -0.2) is 0 Å². The third-order valence-electron chi connectivity index (χ3n) is 2.35. The molecular formula is C12H20. The molecule has 0 unspecified atom stereocenters. The monoisotopic (exact) mass is 164 g/mol. The maximum Gasteiger partial charge on any atom is -0.0106 e. The van der Waals surface area contributed by atoms with Crippen molar-refractivity contribution in [3.63, 3.8) is 0 Å². The Kier molecular flexibility index (Phi) is 4.65. The summed E-state index contributed by atoms with van der Waals surface area (Å²) in [5.41, 5.74) is 1.56. The van der Waals surface area contributed by atoms with Gasteiger partial charge in [-0.3, -0.25) is 0 Å². The van der Waals surface area contributed by atoms with Gasteiger partial charge in [-0.05, 0) is 24.3 Å². The molecule has 68 valence electrons. The van der Waals surface area contributed by atoms with Crippen LogP contribution in [-0.2, 0) is 0 Å². The van der Waals surface area contributed by atoms with Gasteiger partial charge in [0.25, 0.3) is 0 Å². The molecule has 0 aliphatic heterocycles. The second kappa shape index (κ2) is 4.97. The maximum atomic E-state index is 3.83. The van der Waals surface area contributed by atoms with Crippen LogP contribution in [0.25, 0.3) is 0 Å². The molecule has 0 bridgehead atoms. The number of hydrogen-bond acceptors (Lipinski definition) is 0. The number of rotatable bonds is 4. The number of hydrogen-bond donors (Lipinski definition) is 0. The molecular weight excluding hydrogens is 144 g/mol. The van der Waals surface area contributed by atoms with Crippen LogP contribution in [0.4, 0.5) is 0 Å². The molecule has 0 saturated heterocycles. The Hall–Kier alpha value is -0.780. The molecule has 0 aliphatic rings. The molecule has 0 radical (unpaired) electrons. The molecule has 0 amide bonds. The largest absolute Gasteiger partial charge is 0.0988 e. The van der Waals surface area contributed by atoms with Crippen LogP contribution in [0.5, 0.6) is 0 Å². The zero-order valence-corrected chi connectivity index (χ0v) is 8.72. The van der Waals surface area contributed by atoms with Crippen molar-refractivity contribution < 1.29 is 0 Å². The zero-order chi connectivity index (χ0) is 9.61. The van der Waals surface area contributed by atoms with Crippen LogP contribution in [0.1, 0.15) is 34.1 Å². The van der Waals surface area contributed by atoms with E-state index in [2.05, 4.69) is 39.5 Å². The normalized spacial score (nSPS) is 13.8. The van der Waals surface area contributed by atoms with Crippen LogP contribution in [0.15, 0.2) is 36.5 Å². The van der Waals surface area contributed by atoms with Crippen molar-refractivity contribution in [1.82, 2.24) is 0 Å². The SMILES string of the molecule is C=C/C(=C\C=C/C)C(C)(C)CC. The lowest BCUT2D eigenvalue weighted by Gasteiger charge is -2.23. The molecule has 12 heavy (non-hydrogen) atoms. The first kappa shape index (κ1) is 11.2. The fraction of sp³-hybridized carbons (Fsp3) is 0.500. The van der Waals surface area contributed by atoms with E-state index in [-0.39, 0.29) is 5.41 Å². The van der Waals surface area contributed by atoms with Crippen LogP contribution >= 0.6 is 0 Å². The first-order chi connectivity index (χ1) is 5.58. The summed E-state index contributed by atoms with van der Waals surface area (Å²) in [5.74, 6) is 0. The molecule has 0 aliphatic carbocycles. The molecule has 0 aromatic rings. The molecule has 0 atom stereocenters. The van der Waals surface area contributed by atoms with Gasteiger partial charge in [-0.2, -0.15) is 0 Å². The van der Waals surface area contributed by atoms with Crippen molar-refractivity contribution in [3.05, 3.63) is 36.5 Å². The van der Waals surface area contributed by atoms with Crippen molar-refractivity contribution in [2.24, 2.45) is 5.41 Å². The van der Waals surface area contributed by atoms with E-state index in [1.165, 1.54) is 5.57 Å². The molecule has 0 heteroatoms. The van der Waals surface area contributed by atoms with Gasteiger partial charge in [0.1, 0.15) is 0 Å². The Bertz CT molecular complexity index is 192.